The Morgan fingerprint density at radius 1 is 1.50 bits per heavy atom. The molecule has 0 fully saturated rings. The minimum absolute atomic E-state index is 0.0644. The monoisotopic (exact) mass is 201 g/mol. The average Bonchev–Trinajstić information content (AvgIpc) is 2.10. The number of aliphatic carboxylic acids is 1. The number of amides is 1. The van der Waals surface area contributed by atoms with E-state index in [-0.39, 0.29) is 6.04 Å². The van der Waals surface area contributed by atoms with Gasteiger partial charge in [0.2, 0.25) is 6.41 Å². The summed E-state index contributed by atoms with van der Waals surface area (Å²) in [5.74, 6) is -0.917. The van der Waals surface area contributed by atoms with Crippen LogP contribution in [-0.4, -0.2) is 34.5 Å². The molecule has 0 aromatic heterocycles. The zero-order valence-electron chi connectivity index (χ0n) is 9.06. The van der Waals surface area contributed by atoms with Crippen molar-refractivity contribution in [2.24, 2.45) is 0 Å². The van der Waals surface area contributed by atoms with E-state index in [4.69, 9.17) is 5.11 Å². The van der Waals surface area contributed by atoms with Gasteiger partial charge in [0.25, 0.3) is 0 Å². The number of carboxylic acid groups (broad SMARTS) is 1. The van der Waals surface area contributed by atoms with E-state index in [0.29, 0.717) is 12.8 Å². The molecular formula is C10H19NO3. The SMILES string of the molecule is CCCCC(C(=O)O)N(C=O)C(C)C. The number of hydrogen-bond donors (Lipinski definition) is 1. The first kappa shape index (κ1) is 12.9. The van der Waals surface area contributed by atoms with Crippen LogP contribution < -0.4 is 0 Å². The molecule has 0 aliphatic heterocycles. The summed E-state index contributed by atoms with van der Waals surface area (Å²) in [4.78, 5) is 23.0. The van der Waals surface area contributed by atoms with E-state index in [1.165, 1.54) is 4.90 Å². The smallest absolute Gasteiger partial charge is 0.326 e. The number of rotatable bonds is 7. The van der Waals surface area contributed by atoms with Crippen molar-refractivity contribution in [1.29, 1.82) is 0 Å². The average molecular weight is 201 g/mol. The van der Waals surface area contributed by atoms with Crippen LogP contribution in [0.25, 0.3) is 0 Å². The molecule has 1 unspecified atom stereocenters. The molecule has 4 heteroatoms. The molecule has 0 aliphatic rings. The van der Waals surface area contributed by atoms with Gasteiger partial charge in [-0.2, -0.15) is 0 Å². The van der Waals surface area contributed by atoms with Crippen LogP contribution in [0.2, 0.25) is 0 Å². The Morgan fingerprint density at radius 2 is 2.07 bits per heavy atom. The van der Waals surface area contributed by atoms with Gasteiger partial charge in [0.15, 0.2) is 0 Å². The fourth-order valence-corrected chi connectivity index (χ4v) is 1.35. The van der Waals surface area contributed by atoms with E-state index in [1.54, 1.807) is 0 Å². The van der Waals surface area contributed by atoms with Gasteiger partial charge >= 0.3 is 5.97 Å². The lowest BCUT2D eigenvalue weighted by Gasteiger charge is -2.28. The fourth-order valence-electron chi connectivity index (χ4n) is 1.35. The third-order valence-corrected chi connectivity index (χ3v) is 2.19. The second kappa shape index (κ2) is 6.40. The van der Waals surface area contributed by atoms with Crippen molar-refractivity contribution in [3.63, 3.8) is 0 Å². The normalized spacial score (nSPS) is 12.6. The Hall–Kier alpha value is -1.06. The van der Waals surface area contributed by atoms with E-state index in [2.05, 4.69) is 0 Å². The molecule has 82 valence electrons. The highest BCUT2D eigenvalue weighted by atomic mass is 16.4. The van der Waals surface area contributed by atoms with E-state index < -0.39 is 12.0 Å². The molecule has 1 amide bonds. The Labute approximate surface area is 84.9 Å². The summed E-state index contributed by atoms with van der Waals surface area (Å²) in [5, 5.41) is 8.95. The number of carboxylic acids is 1. The van der Waals surface area contributed by atoms with Crippen LogP contribution in [0.1, 0.15) is 40.0 Å². The Balaban J connectivity index is 4.43. The summed E-state index contributed by atoms with van der Waals surface area (Å²) in [6.07, 6.45) is 2.92. The quantitative estimate of drug-likeness (QED) is 0.635. The van der Waals surface area contributed by atoms with Gasteiger partial charge in [-0.3, -0.25) is 4.79 Å². The van der Waals surface area contributed by atoms with Crippen molar-refractivity contribution in [2.45, 2.75) is 52.1 Å². The second-order valence-corrected chi connectivity index (χ2v) is 3.64. The third-order valence-electron chi connectivity index (χ3n) is 2.19. The molecular weight excluding hydrogens is 182 g/mol. The van der Waals surface area contributed by atoms with E-state index in [0.717, 1.165) is 12.8 Å². The molecule has 14 heavy (non-hydrogen) atoms. The summed E-state index contributed by atoms with van der Waals surface area (Å²) >= 11 is 0. The summed E-state index contributed by atoms with van der Waals surface area (Å²) < 4.78 is 0. The van der Waals surface area contributed by atoms with Crippen molar-refractivity contribution in [3.05, 3.63) is 0 Å². The molecule has 0 aromatic carbocycles. The molecule has 0 saturated carbocycles. The lowest BCUT2D eigenvalue weighted by Crippen LogP contribution is -2.44. The number of carbonyl (C=O) groups excluding carboxylic acids is 1. The van der Waals surface area contributed by atoms with Gasteiger partial charge in [0, 0.05) is 6.04 Å². The van der Waals surface area contributed by atoms with Gasteiger partial charge < -0.3 is 10.0 Å². The van der Waals surface area contributed by atoms with Crippen molar-refractivity contribution in [1.82, 2.24) is 4.90 Å². The van der Waals surface area contributed by atoms with E-state index in [1.807, 2.05) is 20.8 Å². The first-order chi connectivity index (χ1) is 6.54. The third kappa shape index (κ3) is 3.77. The Morgan fingerprint density at radius 3 is 2.36 bits per heavy atom. The topological polar surface area (TPSA) is 57.6 Å². The van der Waals surface area contributed by atoms with Gasteiger partial charge in [-0.05, 0) is 20.3 Å². The molecule has 0 heterocycles. The molecule has 0 rings (SSSR count). The van der Waals surface area contributed by atoms with Gasteiger partial charge in [-0.25, -0.2) is 4.79 Å². The summed E-state index contributed by atoms with van der Waals surface area (Å²) in [7, 11) is 0. The van der Waals surface area contributed by atoms with Crippen LogP contribution in [0, 0.1) is 0 Å². The van der Waals surface area contributed by atoms with Crippen molar-refractivity contribution < 1.29 is 14.7 Å². The molecule has 0 saturated heterocycles. The van der Waals surface area contributed by atoms with Crippen LogP contribution in [0.5, 0.6) is 0 Å². The maximum atomic E-state index is 10.9. The van der Waals surface area contributed by atoms with Crippen LogP contribution in [-0.2, 0) is 9.59 Å². The van der Waals surface area contributed by atoms with E-state index in [9.17, 15) is 9.59 Å². The molecule has 1 atom stereocenters. The van der Waals surface area contributed by atoms with Crippen LogP contribution in [0.3, 0.4) is 0 Å². The van der Waals surface area contributed by atoms with Gasteiger partial charge in [0.1, 0.15) is 6.04 Å². The summed E-state index contributed by atoms with van der Waals surface area (Å²) in [6, 6.07) is -0.738. The molecule has 0 bridgehead atoms. The second-order valence-electron chi connectivity index (χ2n) is 3.64. The molecule has 1 N–H and O–H groups in total. The van der Waals surface area contributed by atoms with Gasteiger partial charge in [-0.15, -0.1) is 0 Å². The standard InChI is InChI=1S/C10H19NO3/c1-4-5-6-9(10(13)14)11(7-12)8(2)3/h7-9H,4-6H2,1-3H3,(H,13,14). The van der Waals surface area contributed by atoms with Crippen LogP contribution in [0.15, 0.2) is 0 Å². The highest BCUT2D eigenvalue weighted by Crippen LogP contribution is 2.10. The van der Waals surface area contributed by atoms with E-state index >= 15 is 0 Å². The van der Waals surface area contributed by atoms with Gasteiger partial charge in [0.05, 0.1) is 0 Å². The highest BCUT2D eigenvalue weighted by molar-refractivity contribution is 5.76. The molecule has 0 spiro atoms. The molecule has 0 aromatic rings. The van der Waals surface area contributed by atoms with Crippen molar-refractivity contribution >= 4 is 12.4 Å². The highest BCUT2D eigenvalue weighted by Gasteiger charge is 2.25. The predicted molar refractivity (Wildman–Crippen MR) is 54.0 cm³/mol. The number of hydrogen-bond acceptors (Lipinski definition) is 2. The minimum Gasteiger partial charge on any atom is -0.480 e. The maximum Gasteiger partial charge on any atom is 0.326 e. The minimum atomic E-state index is -0.917. The fraction of sp³-hybridized carbons (Fsp3) is 0.800. The number of carbonyl (C=O) groups is 2. The molecule has 0 aliphatic carbocycles. The lowest BCUT2D eigenvalue weighted by molar-refractivity contribution is -0.147. The van der Waals surface area contributed by atoms with Crippen molar-refractivity contribution in [2.75, 3.05) is 0 Å². The number of unbranched alkanes of at least 4 members (excludes halogenated alkanes) is 1. The van der Waals surface area contributed by atoms with Crippen LogP contribution in [0.4, 0.5) is 0 Å². The molecule has 0 radical (unpaired) electrons. The van der Waals surface area contributed by atoms with Gasteiger partial charge in [-0.1, -0.05) is 19.8 Å². The Bertz CT molecular complexity index is 192. The van der Waals surface area contributed by atoms with Crippen molar-refractivity contribution in [3.8, 4) is 0 Å². The van der Waals surface area contributed by atoms with Crippen LogP contribution >= 0.6 is 0 Å². The molecule has 4 nitrogen and oxygen atoms in total. The summed E-state index contributed by atoms with van der Waals surface area (Å²) in [5.41, 5.74) is 0. The number of nitrogens with zero attached hydrogens (tertiary/aromatic N) is 1. The zero-order chi connectivity index (χ0) is 11.1. The maximum absolute atomic E-state index is 10.9. The largest absolute Gasteiger partial charge is 0.480 e. The first-order valence-corrected chi connectivity index (χ1v) is 5.00. The predicted octanol–water partition coefficient (Wildman–Crippen LogP) is 1.50. The lowest BCUT2D eigenvalue weighted by atomic mass is 10.1. The Kier molecular flexibility index (Phi) is 5.92. The summed E-state index contributed by atoms with van der Waals surface area (Å²) in [6.45, 7) is 5.63. The zero-order valence-corrected chi connectivity index (χ0v) is 9.06. The first-order valence-electron chi connectivity index (χ1n) is 5.00.